The van der Waals surface area contributed by atoms with E-state index < -0.39 is 5.54 Å². The lowest BCUT2D eigenvalue weighted by atomic mass is 9.96. The molecule has 0 aliphatic carbocycles. The fourth-order valence-corrected chi connectivity index (χ4v) is 4.81. The Labute approximate surface area is 208 Å². The van der Waals surface area contributed by atoms with Crippen LogP contribution in [0, 0.1) is 0 Å². The second-order valence-electron chi connectivity index (χ2n) is 9.86. The third-order valence-corrected chi connectivity index (χ3v) is 6.79. The largest absolute Gasteiger partial charge is 0.382 e. The number of hydrogen-bond donors (Lipinski definition) is 1. The van der Waals surface area contributed by atoms with E-state index in [1.165, 1.54) is 13.3 Å². The summed E-state index contributed by atoms with van der Waals surface area (Å²) in [6.45, 7) is 10.0. The SMILES string of the molecule is CC(=O)N1CCN(c2cccc(-c3cc(-c4cc(C(C)C)no4)c4c(N)ncnn34)c2)C(=O)C1(C)C. The summed E-state index contributed by atoms with van der Waals surface area (Å²) in [5.41, 5.74) is 9.89. The van der Waals surface area contributed by atoms with Gasteiger partial charge < -0.3 is 20.1 Å². The molecule has 0 unspecified atom stereocenters. The van der Waals surface area contributed by atoms with Gasteiger partial charge in [0.05, 0.1) is 17.0 Å². The molecule has 5 rings (SSSR count). The molecule has 2 N–H and O–H groups in total. The fraction of sp³-hybridized carbons (Fsp3) is 0.346. The van der Waals surface area contributed by atoms with Gasteiger partial charge in [-0.1, -0.05) is 31.1 Å². The molecule has 1 saturated heterocycles. The Balaban J connectivity index is 1.59. The number of nitrogen functional groups attached to an aromatic ring is 1. The molecule has 10 nitrogen and oxygen atoms in total. The average Bonchev–Trinajstić information content (AvgIpc) is 3.47. The zero-order chi connectivity index (χ0) is 25.8. The maximum absolute atomic E-state index is 13.4. The van der Waals surface area contributed by atoms with E-state index >= 15 is 0 Å². The lowest BCUT2D eigenvalue weighted by molar-refractivity contribution is -0.145. The van der Waals surface area contributed by atoms with Gasteiger partial charge in [-0.25, -0.2) is 9.50 Å². The van der Waals surface area contributed by atoms with Crippen LogP contribution in [0.15, 0.2) is 47.2 Å². The summed E-state index contributed by atoms with van der Waals surface area (Å²) >= 11 is 0. The van der Waals surface area contributed by atoms with E-state index in [0.717, 1.165) is 28.2 Å². The minimum atomic E-state index is -0.933. The van der Waals surface area contributed by atoms with Gasteiger partial charge >= 0.3 is 0 Å². The average molecular weight is 488 g/mol. The van der Waals surface area contributed by atoms with Crippen LogP contribution < -0.4 is 10.6 Å². The van der Waals surface area contributed by atoms with E-state index in [1.807, 2.05) is 50.2 Å². The van der Waals surface area contributed by atoms with E-state index in [9.17, 15) is 9.59 Å². The van der Waals surface area contributed by atoms with Gasteiger partial charge in [0.2, 0.25) is 5.91 Å². The third kappa shape index (κ3) is 3.69. The Bertz CT molecular complexity index is 1480. The highest BCUT2D eigenvalue weighted by molar-refractivity contribution is 6.03. The minimum absolute atomic E-state index is 0.112. The fourth-order valence-electron chi connectivity index (χ4n) is 4.81. The number of anilines is 2. The first kappa shape index (κ1) is 23.5. The van der Waals surface area contributed by atoms with E-state index in [-0.39, 0.29) is 17.7 Å². The lowest BCUT2D eigenvalue weighted by Crippen LogP contribution is -2.64. The summed E-state index contributed by atoms with van der Waals surface area (Å²) in [5, 5.41) is 8.64. The molecule has 0 spiro atoms. The van der Waals surface area contributed by atoms with E-state index in [4.69, 9.17) is 10.3 Å². The molecule has 4 aromatic rings. The summed E-state index contributed by atoms with van der Waals surface area (Å²) < 4.78 is 7.38. The smallest absolute Gasteiger partial charge is 0.252 e. The molecule has 1 aliphatic rings. The molecular weight excluding hydrogens is 458 g/mol. The van der Waals surface area contributed by atoms with Crippen molar-refractivity contribution in [3.8, 4) is 22.6 Å². The lowest BCUT2D eigenvalue weighted by Gasteiger charge is -2.45. The number of nitrogens with two attached hydrogens (primary N) is 1. The Morgan fingerprint density at radius 3 is 2.64 bits per heavy atom. The summed E-state index contributed by atoms with van der Waals surface area (Å²) in [6, 6.07) is 11.5. The van der Waals surface area contributed by atoms with E-state index in [2.05, 4.69) is 15.2 Å². The molecule has 36 heavy (non-hydrogen) atoms. The van der Waals surface area contributed by atoms with Crippen LogP contribution in [0.1, 0.15) is 46.2 Å². The second-order valence-corrected chi connectivity index (χ2v) is 9.86. The molecule has 0 bridgehead atoms. The first-order chi connectivity index (χ1) is 17.1. The molecule has 2 amide bonds. The number of nitrogens with zero attached hydrogens (tertiary/aromatic N) is 6. The highest BCUT2D eigenvalue weighted by Crippen LogP contribution is 2.37. The topological polar surface area (TPSA) is 123 Å². The Hall–Kier alpha value is -4.21. The zero-order valence-electron chi connectivity index (χ0n) is 21.0. The monoisotopic (exact) mass is 487 g/mol. The molecule has 1 fully saturated rings. The van der Waals surface area contributed by atoms with Gasteiger partial charge in [0.25, 0.3) is 5.91 Å². The van der Waals surface area contributed by atoms with Crippen LogP contribution in [0.3, 0.4) is 0 Å². The maximum Gasteiger partial charge on any atom is 0.252 e. The summed E-state index contributed by atoms with van der Waals surface area (Å²) in [5.74, 6) is 0.876. The molecule has 4 heterocycles. The van der Waals surface area contributed by atoms with Crippen LogP contribution in [0.25, 0.3) is 28.1 Å². The van der Waals surface area contributed by atoms with Gasteiger partial charge in [-0.05, 0) is 38.0 Å². The number of piperazine rings is 1. The summed E-state index contributed by atoms with van der Waals surface area (Å²) in [6.07, 6.45) is 1.41. The van der Waals surface area contributed by atoms with Gasteiger partial charge in [-0.15, -0.1) is 0 Å². The maximum atomic E-state index is 13.4. The predicted molar refractivity (Wildman–Crippen MR) is 136 cm³/mol. The van der Waals surface area contributed by atoms with Crippen molar-refractivity contribution in [2.24, 2.45) is 0 Å². The van der Waals surface area contributed by atoms with Crippen LogP contribution in [0.4, 0.5) is 11.5 Å². The predicted octanol–water partition coefficient (Wildman–Crippen LogP) is 3.73. The standard InChI is InChI=1S/C26H29N7O3/c1-15(2)20-13-22(36-30-20)19-12-21(33-23(19)24(27)28-14-29-33)17-7-6-8-18(11-17)31-9-10-32(16(3)34)26(4,5)25(31)35/h6-8,11-15H,9-10H2,1-5H3,(H2,27,28,29). The van der Waals surface area contributed by atoms with Crippen molar-refractivity contribution in [2.45, 2.75) is 46.1 Å². The Morgan fingerprint density at radius 1 is 1.17 bits per heavy atom. The second kappa shape index (κ2) is 8.47. The highest BCUT2D eigenvalue weighted by atomic mass is 16.5. The van der Waals surface area contributed by atoms with Crippen LogP contribution in [-0.2, 0) is 9.59 Å². The van der Waals surface area contributed by atoms with Gasteiger partial charge in [0.15, 0.2) is 11.6 Å². The molecule has 186 valence electrons. The van der Waals surface area contributed by atoms with Crippen molar-refractivity contribution in [2.75, 3.05) is 23.7 Å². The number of fused-ring (bicyclic) bond motifs is 1. The van der Waals surface area contributed by atoms with Gasteiger partial charge in [0, 0.05) is 37.3 Å². The van der Waals surface area contributed by atoms with Crippen molar-refractivity contribution >= 4 is 28.8 Å². The molecule has 1 aliphatic heterocycles. The molecule has 0 saturated carbocycles. The number of carbonyl (C=O) groups is 2. The molecular formula is C26H29N7O3. The van der Waals surface area contributed by atoms with E-state index in [1.54, 1.807) is 28.2 Å². The number of benzene rings is 1. The molecule has 0 atom stereocenters. The molecule has 1 aromatic carbocycles. The molecule has 3 aromatic heterocycles. The first-order valence-corrected chi connectivity index (χ1v) is 11.9. The molecule has 0 radical (unpaired) electrons. The van der Waals surface area contributed by atoms with Crippen molar-refractivity contribution in [3.63, 3.8) is 0 Å². The zero-order valence-corrected chi connectivity index (χ0v) is 21.0. The number of aromatic nitrogens is 4. The number of amides is 2. The quantitative estimate of drug-likeness (QED) is 0.465. The van der Waals surface area contributed by atoms with Gasteiger partial charge in [-0.2, -0.15) is 5.10 Å². The van der Waals surface area contributed by atoms with Crippen molar-refractivity contribution in [1.29, 1.82) is 0 Å². The summed E-state index contributed by atoms with van der Waals surface area (Å²) in [7, 11) is 0. The van der Waals surface area contributed by atoms with Gasteiger partial charge in [-0.3, -0.25) is 9.59 Å². The first-order valence-electron chi connectivity index (χ1n) is 11.9. The van der Waals surface area contributed by atoms with Crippen molar-refractivity contribution in [3.05, 3.63) is 48.4 Å². The molecule has 10 heteroatoms. The van der Waals surface area contributed by atoms with Crippen molar-refractivity contribution in [1.82, 2.24) is 24.7 Å². The van der Waals surface area contributed by atoms with Crippen LogP contribution in [0.2, 0.25) is 0 Å². The van der Waals surface area contributed by atoms with Crippen LogP contribution >= 0.6 is 0 Å². The number of carbonyl (C=O) groups excluding carboxylic acids is 2. The Kier molecular flexibility index (Phi) is 5.54. The van der Waals surface area contributed by atoms with E-state index in [0.29, 0.717) is 30.2 Å². The van der Waals surface area contributed by atoms with Crippen LogP contribution in [0.5, 0.6) is 0 Å². The number of rotatable bonds is 4. The minimum Gasteiger partial charge on any atom is -0.382 e. The summed E-state index contributed by atoms with van der Waals surface area (Å²) in [4.78, 5) is 33.0. The third-order valence-electron chi connectivity index (χ3n) is 6.79. The highest BCUT2D eigenvalue weighted by Gasteiger charge is 2.43. The Morgan fingerprint density at radius 2 is 1.94 bits per heavy atom. The van der Waals surface area contributed by atoms with Crippen LogP contribution in [-0.4, -0.2) is 55.1 Å². The number of hydrogen-bond acceptors (Lipinski definition) is 7. The van der Waals surface area contributed by atoms with Crippen molar-refractivity contribution < 1.29 is 14.1 Å². The van der Waals surface area contributed by atoms with Gasteiger partial charge in [0.1, 0.15) is 17.4 Å². The normalized spacial score (nSPS) is 15.8.